The first kappa shape index (κ1) is 16.0. The van der Waals surface area contributed by atoms with Gasteiger partial charge in [-0.05, 0) is 18.4 Å². The van der Waals surface area contributed by atoms with Crippen molar-refractivity contribution in [3.05, 3.63) is 69.6 Å². The molecule has 2 heterocycles. The third-order valence-electron chi connectivity index (χ3n) is 4.88. The highest BCUT2D eigenvalue weighted by molar-refractivity contribution is 7.15. The normalized spacial score (nSPS) is 16.2. The molecule has 2 aromatic heterocycles. The van der Waals surface area contributed by atoms with Crippen LogP contribution in [-0.4, -0.2) is 15.4 Å². The van der Waals surface area contributed by atoms with Crippen LogP contribution in [0.2, 0.25) is 0 Å². The highest BCUT2D eigenvalue weighted by atomic mass is 32.1. The topological polar surface area (TPSA) is 60.7 Å². The van der Waals surface area contributed by atoms with Crippen LogP contribution in [0.4, 0.5) is 0 Å². The van der Waals surface area contributed by atoms with E-state index in [9.17, 15) is 9.59 Å². The van der Waals surface area contributed by atoms with Crippen molar-refractivity contribution in [2.45, 2.75) is 37.7 Å². The van der Waals surface area contributed by atoms with E-state index >= 15 is 0 Å². The van der Waals surface area contributed by atoms with Gasteiger partial charge in [0, 0.05) is 17.6 Å². The summed E-state index contributed by atoms with van der Waals surface area (Å²) >= 11 is 1.38. The molecule has 5 nitrogen and oxygen atoms in total. The molecule has 4 rings (SSSR count). The molecule has 0 aliphatic heterocycles. The van der Waals surface area contributed by atoms with Gasteiger partial charge in [0.05, 0.1) is 11.1 Å². The maximum absolute atomic E-state index is 12.9. The van der Waals surface area contributed by atoms with Gasteiger partial charge >= 0.3 is 5.97 Å². The Bertz CT molecular complexity index is 955. The number of thiazole rings is 1. The Morgan fingerprint density at radius 1 is 1.24 bits per heavy atom. The van der Waals surface area contributed by atoms with Crippen molar-refractivity contribution in [1.82, 2.24) is 9.38 Å². The Labute approximate surface area is 148 Å². The Morgan fingerprint density at radius 2 is 2.00 bits per heavy atom. The smallest absolute Gasteiger partial charge is 0.316 e. The quantitative estimate of drug-likeness (QED) is 0.675. The van der Waals surface area contributed by atoms with Crippen LogP contribution in [0, 0.1) is 0 Å². The molecule has 0 radical (unpaired) electrons. The number of aromatic nitrogens is 2. The van der Waals surface area contributed by atoms with Crippen LogP contribution in [0.3, 0.4) is 0 Å². The maximum Gasteiger partial charge on any atom is 0.316 e. The molecular weight excluding hydrogens is 336 g/mol. The highest BCUT2D eigenvalue weighted by Crippen LogP contribution is 2.42. The van der Waals surface area contributed by atoms with E-state index in [-0.39, 0.29) is 18.1 Å². The lowest BCUT2D eigenvalue weighted by Crippen LogP contribution is -2.34. The van der Waals surface area contributed by atoms with Gasteiger partial charge in [0.1, 0.15) is 6.61 Å². The van der Waals surface area contributed by atoms with E-state index < -0.39 is 5.41 Å². The van der Waals surface area contributed by atoms with Crippen molar-refractivity contribution in [2.75, 3.05) is 0 Å². The Kier molecular flexibility index (Phi) is 4.13. The van der Waals surface area contributed by atoms with Gasteiger partial charge in [0.2, 0.25) is 0 Å². The van der Waals surface area contributed by atoms with Crippen molar-refractivity contribution in [1.29, 1.82) is 0 Å². The first-order valence-electron chi connectivity index (χ1n) is 8.38. The second-order valence-electron chi connectivity index (χ2n) is 6.37. The van der Waals surface area contributed by atoms with Crippen LogP contribution in [0.5, 0.6) is 0 Å². The number of rotatable bonds is 4. The summed E-state index contributed by atoms with van der Waals surface area (Å²) in [6.07, 6.45) is 5.33. The average Bonchev–Trinajstić information content (AvgIpc) is 3.30. The molecule has 6 heteroatoms. The Balaban J connectivity index is 1.56. The van der Waals surface area contributed by atoms with Gasteiger partial charge in [-0.15, -0.1) is 11.3 Å². The van der Waals surface area contributed by atoms with E-state index in [2.05, 4.69) is 4.98 Å². The van der Waals surface area contributed by atoms with Gasteiger partial charge in [-0.3, -0.25) is 14.0 Å². The molecule has 0 bridgehead atoms. The van der Waals surface area contributed by atoms with Gasteiger partial charge in [-0.1, -0.05) is 43.2 Å². The van der Waals surface area contributed by atoms with Crippen LogP contribution < -0.4 is 5.56 Å². The predicted molar refractivity (Wildman–Crippen MR) is 95.7 cm³/mol. The van der Waals surface area contributed by atoms with Gasteiger partial charge < -0.3 is 4.74 Å². The van der Waals surface area contributed by atoms with E-state index in [1.54, 1.807) is 6.20 Å². The number of fused-ring (bicyclic) bond motifs is 1. The van der Waals surface area contributed by atoms with Crippen LogP contribution in [0.15, 0.2) is 52.8 Å². The van der Waals surface area contributed by atoms with Crippen LogP contribution >= 0.6 is 11.3 Å². The van der Waals surface area contributed by atoms with Crippen LogP contribution in [-0.2, 0) is 21.6 Å². The van der Waals surface area contributed by atoms with Crippen molar-refractivity contribution in [3.63, 3.8) is 0 Å². The summed E-state index contributed by atoms with van der Waals surface area (Å²) in [5.74, 6) is -0.218. The van der Waals surface area contributed by atoms with Crippen molar-refractivity contribution >= 4 is 22.3 Å². The lowest BCUT2D eigenvalue weighted by Gasteiger charge is -2.27. The zero-order valence-corrected chi connectivity index (χ0v) is 14.5. The second kappa shape index (κ2) is 6.44. The van der Waals surface area contributed by atoms with Crippen molar-refractivity contribution in [3.8, 4) is 0 Å². The van der Waals surface area contributed by atoms with E-state index in [0.29, 0.717) is 10.7 Å². The standard InChI is InChI=1S/C19H18N2O3S/c22-16-12-15(20-18-21(16)10-11-25-18)13-24-17(23)19(8-4-5-9-19)14-6-2-1-3-7-14/h1-3,6-7,10-12H,4-5,8-9,13H2. The summed E-state index contributed by atoms with van der Waals surface area (Å²) in [7, 11) is 0. The molecular formula is C19H18N2O3S. The monoisotopic (exact) mass is 354 g/mol. The van der Waals surface area contributed by atoms with E-state index in [1.165, 1.54) is 21.8 Å². The average molecular weight is 354 g/mol. The first-order valence-corrected chi connectivity index (χ1v) is 9.26. The molecule has 1 aliphatic rings. The second-order valence-corrected chi connectivity index (χ2v) is 7.25. The molecule has 0 amide bonds. The Hall–Kier alpha value is -2.47. The summed E-state index contributed by atoms with van der Waals surface area (Å²) in [4.78, 5) is 29.9. The minimum Gasteiger partial charge on any atom is -0.458 e. The Morgan fingerprint density at radius 3 is 2.76 bits per heavy atom. The molecule has 1 aliphatic carbocycles. The molecule has 0 atom stereocenters. The number of ether oxygens (including phenoxy) is 1. The summed E-state index contributed by atoms with van der Waals surface area (Å²) in [6.45, 7) is 0.0249. The molecule has 3 aromatic rings. The van der Waals surface area contributed by atoms with Gasteiger partial charge in [-0.2, -0.15) is 0 Å². The number of hydrogen-bond acceptors (Lipinski definition) is 5. The van der Waals surface area contributed by atoms with Gasteiger partial charge in [0.15, 0.2) is 4.96 Å². The molecule has 0 spiro atoms. The number of nitrogens with zero attached hydrogens (tertiary/aromatic N) is 2. The minimum absolute atomic E-state index is 0.0249. The number of hydrogen-bond donors (Lipinski definition) is 0. The molecule has 128 valence electrons. The van der Waals surface area contributed by atoms with Crippen LogP contribution in [0.25, 0.3) is 4.96 Å². The third-order valence-corrected chi connectivity index (χ3v) is 5.64. The van der Waals surface area contributed by atoms with Crippen LogP contribution in [0.1, 0.15) is 36.9 Å². The van der Waals surface area contributed by atoms with Crippen molar-refractivity contribution in [2.24, 2.45) is 0 Å². The SMILES string of the molecule is O=C(OCc1cc(=O)n2ccsc2n1)C1(c2ccccc2)CCCC1. The molecule has 1 fully saturated rings. The summed E-state index contributed by atoms with van der Waals surface area (Å²) in [5, 5.41) is 1.81. The first-order chi connectivity index (χ1) is 12.2. The minimum atomic E-state index is -0.566. The zero-order valence-electron chi connectivity index (χ0n) is 13.7. The maximum atomic E-state index is 12.9. The largest absolute Gasteiger partial charge is 0.458 e. The molecule has 1 saturated carbocycles. The third kappa shape index (κ3) is 2.87. The van der Waals surface area contributed by atoms with Gasteiger partial charge in [0.25, 0.3) is 5.56 Å². The molecule has 1 aromatic carbocycles. The fourth-order valence-electron chi connectivity index (χ4n) is 3.59. The number of carbonyl (C=O) groups is 1. The van der Waals surface area contributed by atoms with E-state index in [0.717, 1.165) is 31.2 Å². The predicted octanol–water partition coefficient (Wildman–Crippen LogP) is 3.31. The van der Waals surface area contributed by atoms with E-state index in [1.807, 2.05) is 35.7 Å². The highest BCUT2D eigenvalue weighted by Gasteiger charge is 2.44. The number of esters is 1. The van der Waals surface area contributed by atoms with Gasteiger partial charge in [-0.25, -0.2) is 4.98 Å². The molecule has 0 unspecified atom stereocenters. The lowest BCUT2D eigenvalue weighted by atomic mass is 9.79. The van der Waals surface area contributed by atoms with Crippen molar-refractivity contribution < 1.29 is 9.53 Å². The molecule has 0 saturated heterocycles. The van der Waals surface area contributed by atoms with E-state index in [4.69, 9.17) is 4.74 Å². The zero-order chi connectivity index (χ0) is 17.3. The fourth-order valence-corrected chi connectivity index (χ4v) is 4.32. The summed E-state index contributed by atoms with van der Waals surface area (Å²) in [6, 6.07) is 11.3. The summed E-state index contributed by atoms with van der Waals surface area (Å²) in [5.41, 5.74) is 0.778. The number of benzene rings is 1. The summed E-state index contributed by atoms with van der Waals surface area (Å²) < 4.78 is 7.09. The fraction of sp³-hybridized carbons (Fsp3) is 0.316. The molecule has 0 N–H and O–H groups in total. The molecule has 25 heavy (non-hydrogen) atoms. The lowest BCUT2D eigenvalue weighted by molar-refractivity contribution is -0.152. The number of carbonyl (C=O) groups excluding carboxylic acids is 1.